The molecule has 7 heteroatoms. The molecule has 0 aliphatic carbocycles. The van der Waals surface area contributed by atoms with Crippen molar-refractivity contribution in [3.63, 3.8) is 0 Å². The smallest absolute Gasteiger partial charge is 0.330 e. The molecule has 1 aromatic heterocycles. The molecule has 0 unspecified atom stereocenters. The van der Waals surface area contributed by atoms with Gasteiger partial charge in [-0.05, 0) is 25.5 Å². The molecule has 112 valence electrons. The van der Waals surface area contributed by atoms with E-state index in [4.69, 9.17) is 9.47 Å². The van der Waals surface area contributed by atoms with Gasteiger partial charge in [0.2, 0.25) is 5.95 Å². The van der Waals surface area contributed by atoms with E-state index in [-0.39, 0.29) is 12.0 Å². The molecule has 1 aromatic carbocycles. The van der Waals surface area contributed by atoms with Gasteiger partial charge in [-0.3, -0.25) is 0 Å². The second-order valence-corrected chi connectivity index (χ2v) is 4.14. The average molecular weight is 292 g/mol. The fourth-order valence-electron chi connectivity index (χ4n) is 1.53. The molecular formula is C14H17FN4O2. The fraction of sp³-hybridized carbons (Fsp3) is 0.357. The van der Waals surface area contributed by atoms with Gasteiger partial charge in [0.25, 0.3) is 0 Å². The first-order chi connectivity index (χ1) is 10.2. The summed E-state index contributed by atoms with van der Waals surface area (Å²) in [5.41, 5.74) is 0. The van der Waals surface area contributed by atoms with Crippen LogP contribution in [-0.4, -0.2) is 28.1 Å². The molecular weight excluding hydrogens is 275 g/mol. The Morgan fingerprint density at radius 3 is 2.67 bits per heavy atom. The Morgan fingerprint density at radius 2 is 1.95 bits per heavy atom. The first-order valence-corrected chi connectivity index (χ1v) is 6.77. The van der Waals surface area contributed by atoms with Crippen molar-refractivity contribution in [2.75, 3.05) is 18.5 Å². The first kappa shape index (κ1) is 15.0. The molecule has 6 nitrogen and oxygen atoms in total. The van der Waals surface area contributed by atoms with Crippen LogP contribution in [0.25, 0.3) is 0 Å². The van der Waals surface area contributed by atoms with E-state index in [1.165, 1.54) is 12.1 Å². The van der Waals surface area contributed by atoms with Gasteiger partial charge in [0.05, 0.1) is 6.61 Å². The topological polar surface area (TPSA) is 69.2 Å². The molecule has 0 radical (unpaired) electrons. The molecule has 0 aliphatic rings. The molecule has 21 heavy (non-hydrogen) atoms. The molecule has 0 amide bonds. The van der Waals surface area contributed by atoms with Crippen molar-refractivity contribution in [2.45, 2.75) is 20.3 Å². The van der Waals surface area contributed by atoms with Gasteiger partial charge in [0.15, 0.2) is 0 Å². The largest absolute Gasteiger partial charge is 0.464 e. The summed E-state index contributed by atoms with van der Waals surface area (Å²) in [6.07, 6.45) is 0.926. The number of anilines is 1. The Morgan fingerprint density at radius 1 is 1.14 bits per heavy atom. The third-order valence-electron chi connectivity index (χ3n) is 2.41. The molecule has 0 saturated carbocycles. The van der Waals surface area contributed by atoms with Crippen LogP contribution in [0.5, 0.6) is 17.8 Å². The van der Waals surface area contributed by atoms with Gasteiger partial charge < -0.3 is 14.8 Å². The maximum atomic E-state index is 13.1. The van der Waals surface area contributed by atoms with Crippen LogP contribution < -0.4 is 14.8 Å². The maximum Gasteiger partial charge on any atom is 0.330 e. The number of hydrogen-bond donors (Lipinski definition) is 1. The van der Waals surface area contributed by atoms with Gasteiger partial charge in [-0.1, -0.05) is 13.0 Å². The highest BCUT2D eigenvalue weighted by Crippen LogP contribution is 2.21. The number of aromatic nitrogens is 3. The minimum absolute atomic E-state index is 0.0534. The van der Waals surface area contributed by atoms with E-state index in [9.17, 15) is 4.39 Å². The highest BCUT2D eigenvalue weighted by atomic mass is 19.1. The Hall–Kier alpha value is -2.44. The van der Waals surface area contributed by atoms with Gasteiger partial charge in [0.1, 0.15) is 11.6 Å². The number of rotatable bonds is 7. The lowest BCUT2D eigenvalue weighted by atomic mass is 10.3. The van der Waals surface area contributed by atoms with Gasteiger partial charge in [-0.15, -0.1) is 4.98 Å². The summed E-state index contributed by atoms with van der Waals surface area (Å²) in [6.45, 7) is 5.00. The van der Waals surface area contributed by atoms with Crippen molar-refractivity contribution in [2.24, 2.45) is 0 Å². The number of benzene rings is 1. The first-order valence-electron chi connectivity index (χ1n) is 6.77. The van der Waals surface area contributed by atoms with Crippen molar-refractivity contribution in [3.8, 4) is 17.8 Å². The van der Waals surface area contributed by atoms with Crippen molar-refractivity contribution in [1.82, 2.24) is 15.0 Å². The summed E-state index contributed by atoms with van der Waals surface area (Å²) in [5.74, 6) is 0.280. The Bertz CT molecular complexity index is 595. The zero-order valence-electron chi connectivity index (χ0n) is 12.0. The van der Waals surface area contributed by atoms with Crippen molar-refractivity contribution < 1.29 is 13.9 Å². The van der Waals surface area contributed by atoms with E-state index in [2.05, 4.69) is 20.3 Å². The minimum atomic E-state index is -0.393. The minimum Gasteiger partial charge on any atom is -0.464 e. The normalized spacial score (nSPS) is 10.2. The highest BCUT2D eigenvalue weighted by molar-refractivity contribution is 5.30. The SMILES string of the molecule is CCCNc1nc(OCC)nc(Oc2cccc(F)c2)n1. The van der Waals surface area contributed by atoms with Crippen molar-refractivity contribution in [3.05, 3.63) is 30.1 Å². The molecule has 1 N–H and O–H groups in total. The predicted octanol–water partition coefficient (Wildman–Crippen LogP) is 3.02. The van der Waals surface area contributed by atoms with E-state index in [1.807, 2.05) is 13.8 Å². The summed E-state index contributed by atoms with van der Waals surface area (Å²) in [5, 5.41) is 3.03. The van der Waals surface area contributed by atoms with Gasteiger partial charge in [0, 0.05) is 12.6 Å². The molecule has 0 bridgehead atoms. The summed E-state index contributed by atoms with van der Waals surface area (Å²) in [4.78, 5) is 12.3. The molecule has 0 aliphatic heterocycles. The number of nitrogens with zero attached hydrogens (tertiary/aromatic N) is 3. The standard InChI is InChI=1S/C14H17FN4O2/c1-3-8-16-12-17-13(20-4-2)19-14(18-12)21-11-7-5-6-10(15)9-11/h5-7,9H,3-4,8H2,1-2H3,(H,16,17,18,19). The van der Waals surface area contributed by atoms with Crippen molar-refractivity contribution >= 4 is 5.95 Å². The van der Waals surface area contributed by atoms with Crippen LogP contribution in [0.2, 0.25) is 0 Å². The van der Waals surface area contributed by atoms with Crippen LogP contribution >= 0.6 is 0 Å². The van der Waals surface area contributed by atoms with Crippen LogP contribution in [0.1, 0.15) is 20.3 Å². The Labute approximate surface area is 122 Å². The van der Waals surface area contributed by atoms with Crippen molar-refractivity contribution in [1.29, 1.82) is 0 Å². The van der Waals surface area contributed by atoms with Crippen LogP contribution in [0.4, 0.5) is 10.3 Å². The third kappa shape index (κ3) is 4.55. The zero-order chi connectivity index (χ0) is 15.1. The summed E-state index contributed by atoms with van der Waals surface area (Å²) >= 11 is 0. The quantitative estimate of drug-likeness (QED) is 0.846. The summed E-state index contributed by atoms with van der Waals surface area (Å²) in [7, 11) is 0. The number of nitrogens with one attached hydrogen (secondary N) is 1. The van der Waals surface area contributed by atoms with E-state index >= 15 is 0 Å². The summed E-state index contributed by atoms with van der Waals surface area (Å²) in [6, 6.07) is 5.97. The Kier molecular flexibility index (Phi) is 5.25. The zero-order valence-corrected chi connectivity index (χ0v) is 12.0. The second-order valence-electron chi connectivity index (χ2n) is 4.14. The van der Waals surface area contributed by atoms with E-state index in [1.54, 1.807) is 12.1 Å². The maximum absolute atomic E-state index is 13.1. The van der Waals surface area contributed by atoms with Crippen LogP contribution in [0.15, 0.2) is 24.3 Å². The third-order valence-corrected chi connectivity index (χ3v) is 2.41. The lowest BCUT2D eigenvalue weighted by Crippen LogP contribution is -2.08. The second kappa shape index (κ2) is 7.37. The monoisotopic (exact) mass is 292 g/mol. The number of halogens is 1. The molecule has 0 spiro atoms. The number of ether oxygens (including phenoxy) is 2. The van der Waals surface area contributed by atoms with Gasteiger partial charge in [-0.2, -0.15) is 9.97 Å². The molecule has 2 aromatic rings. The highest BCUT2D eigenvalue weighted by Gasteiger charge is 2.09. The molecule has 2 rings (SSSR count). The molecule has 1 heterocycles. The summed E-state index contributed by atoms with van der Waals surface area (Å²) < 4.78 is 23.9. The van der Waals surface area contributed by atoms with Crippen LogP contribution in [0.3, 0.4) is 0 Å². The lowest BCUT2D eigenvalue weighted by Gasteiger charge is -2.09. The predicted molar refractivity (Wildman–Crippen MR) is 76.3 cm³/mol. The lowest BCUT2D eigenvalue weighted by molar-refractivity contribution is 0.303. The van der Waals surface area contributed by atoms with E-state index in [0.717, 1.165) is 13.0 Å². The molecule has 0 fully saturated rings. The van der Waals surface area contributed by atoms with E-state index in [0.29, 0.717) is 18.3 Å². The van der Waals surface area contributed by atoms with Crippen LogP contribution in [0, 0.1) is 5.82 Å². The molecule has 0 saturated heterocycles. The number of hydrogen-bond acceptors (Lipinski definition) is 6. The Balaban J connectivity index is 2.22. The average Bonchev–Trinajstić information content (AvgIpc) is 2.45. The van der Waals surface area contributed by atoms with Gasteiger partial charge >= 0.3 is 12.0 Å². The fourth-order valence-corrected chi connectivity index (χ4v) is 1.53. The van der Waals surface area contributed by atoms with Gasteiger partial charge in [-0.25, -0.2) is 4.39 Å². The van der Waals surface area contributed by atoms with Crippen LogP contribution in [-0.2, 0) is 0 Å². The van der Waals surface area contributed by atoms with E-state index < -0.39 is 5.82 Å². The molecule has 0 atom stereocenters.